The summed E-state index contributed by atoms with van der Waals surface area (Å²) in [6, 6.07) is 5.70. The minimum Gasteiger partial charge on any atom is -0.463 e. The van der Waals surface area contributed by atoms with Gasteiger partial charge in [-0.2, -0.15) is 0 Å². The van der Waals surface area contributed by atoms with Crippen LogP contribution in [-0.2, 0) is 5.41 Å². The lowest BCUT2D eigenvalue weighted by Gasteiger charge is -2.18. The van der Waals surface area contributed by atoms with Crippen LogP contribution in [0.5, 0.6) is 0 Å². The summed E-state index contributed by atoms with van der Waals surface area (Å²) in [6.45, 7) is 6.36. The second kappa shape index (κ2) is 4.01. The minimum atomic E-state index is -0.00714. The Hall–Kier alpha value is -1.16. The average Bonchev–Trinajstić information content (AvgIpc) is 2.68. The highest BCUT2D eigenvalue weighted by Crippen LogP contribution is 2.26. The van der Waals surface area contributed by atoms with Crippen LogP contribution in [0.25, 0.3) is 11.5 Å². The highest BCUT2D eigenvalue weighted by Gasteiger charge is 2.18. The van der Waals surface area contributed by atoms with Crippen LogP contribution in [0, 0.1) is 0 Å². The van der Waals surface area contributed by atoms with Gasteiger partial charge in [-0.3, -0.25) is 0 Å². The molecule has 0 atom stereocenters. The fraction of sp³-hybridized carbons (Fsp3) is 0.333. The summed E-state index contributed by atoms with van der Waals surface area (Å²) in [6.07, 6.45) is 1.64. The second-order valence-corrected chi connectivity index (χ2v) is 5.34. The quantitative estimate of drug-likeness (QED) is 0.746. The molecule has 0 aliphatic rings. The van der Waals surface area contributed by atoms with Crippen LogP contribution in [0.1, 0.15) is 26.5 Å². The zero-order valence-electron chi connectivity index (χ0n) is 9.49. The predicted octanol–water partition coefficient (Wildman–Crippen LogP) is 3.80. The largest absolute Gasteiger partial charge is 0.463 e. The van der Waals surface area contributed by atoms with Gasteiger partial charge >= 0.3 is 0 Å². The molecular formula is C12H13BrN2O. The third-order valence-corrected chi connectivity index (χ3v) is 2.60. The van der Waals surface area contributed by atoms with E-state index in [0.29, 0.717) is 4.73 Å². The lowest BCUT2D eigenvalue weighted by atomic mass is 9.91. The molecule has 2 heterocycles. The topological polar surface area (TPSA) is 38.9 Å². The predicted molar refractivity (Wildman–Crippen MR) is 66.1 cm³/mol. The lowest BCUT2D eigenvalue weighted by molar-refractivity contribution is 0.560. The van der Waals surface area contributed by atoms with E-state index >= 15 is 0 Å². The van der Waals surface area contributed by atoms with Gasteiger partial charge in [0.1, 0.15) is 5.69 Å². The maximum atomic E-state index is 5.33. The second-order valence-electron chi connectivity index (χ2n) is 4.63. The van der Waals surface area contributed by atoms with Gasteiger partial charge in [-0.15, -0.1) is 0 Å². The van der Waals surface area contributed by atoms with Crippen LogP contribution < -0.4 is 0 Å². The molecule has 2 aromatic rings. The summed E-state index contributed by atoms with van der Waals surface area (Å²) < 4.78 is 5.92. The van der Waals surface area contributed by atoms with Gasteiger partial charge in [-0.1, -0.05) is 20.8 Å². The zero-order chi connectivity index (χ0) is 11.8. The van der Waals surface area contributed by atoms with E-state index < -0.39 is 0 Å². The van der Waals surface area contributed by atoms with Gasteiger partial charge in [0.25, 0.3) is 0 Å². The molecule has 0 aliphatic carbocycles. The maximum Gasteiger partial charge on any atom is 0.197 e. The highest BCUT2D eigenvalue weighted by molar-refractivity contribution is 9.10. The van der Waals surface area contributed by atoms with Crippen molar-refractivity contribution in [2.24, 2.45) is 0 Å². The molecule has 0 fully saturated rings. The molecule has 4 heteroatoms. The molecule has 2 rings (SSSR count). The molecule has 16 heavy (non-hydrogen) atoms. The molecule has 0 aromatic carbocycles. The number of hydrogen-bond donors (Lipinski definition) is 0. The fourth-order valence-electron chi connectivity index (χ4n) is 1.35. The van der Waals surface area contributed by atoms with Gasteiger partial charge in [0.2, 0.25) is 0 Å². The standard InChI is InChI=1S/C12H13BrN2O/c1-12(2,3)10-7-8(14-11(13)15-10)9-5-4-6-16-9/h4-7H,1-3H3. The lowest BCUT2D eigenvalue weighted by Crippen LogP contribution is -2.14. The van der Waals surface area contributed by atoms with Gasteiger partial charge in [-0.05, 0) is 34.1 Å². The molecule has 84 valence electrons. The summed E-state index contributed by atoms with van der Waals surface area (Å²) in [5.74, 6) is 0.758. The number of furan rings is 1. The van der Waals surface area contributed by atoms with Crippen LogP contribution in [0.2, 0.25) is 0 Å². The number of rotatable bonds is 1. The summed E-state index contributed by atoms with van der Waals surface area (Å²) >= 11 is 3.33. The first kappa shape index (κ1) is 11.3. The van der Waals surface area contributed by atoms with Crippen molar-refractivity contribution in [3.05, 3.63) is 34.9 Å². The van der Waals surface area contributed by atoms with E-state index in [0.717, 1.165) is 17.1 Å². The van der Waals surface area contributed by atoms with E-state index in [9.17, 15) is 0 Å². The van der Waals surface area contributed by atoms with Crippen molar-refractivity contribution in [1.82, 2.24) is 9.97 Å². The van der Waals surface area contributed by atoms with Crippen LogP contribution in [-0.4, -0.2) is 9.97 Å². The Bertz CT molecular complexity index is 486. The number of hydrogen-bond acceptors (Lipinski definition) is 3. The summed E-state index contributed by atoms with van der Waals surface area (Å²) in [5, 5.41) is 0. The molecule has 0 unspecified atom stereocenters. The molecule has 3 nitrogen and oxygen atoms in total. The highest BCUT2D eigenvalue weighted by atomic mass is 79.9. The Kier molecular flexibility index (Phi) is 2.84. The maximum absolute atomic E-state index is 5.33. The van der Waals surface area contributed by atoms with Gasteiger partial charge in [-0.25, -0.2) is 9.97 Å². The van der Waals surface area contributed by atoms with Gasteiger partial charge < -0.3 is 4.42 Å². The van der Waals surface area contributed by atoms with Crippen molar-refractivity contribution < 1.29 is 4.42 Å². The summed E-state index contributed by atoms with van der Waals surface area (Å²) in [7, 11) is 0. The van der Waals surface area contributed by atoms with Crippen molar-refractivity contribution in [3.8, 4) is 11.5 Å². The summed E-state index contributed by atoms with van der Waals surface area (Å²) in [5.41, 5.74) is 1.78. The molecule has 0 saturated heterocycles. The van der Waals surface area contributed by atoms with E-state index in [1.165, 1.54) is 0 Å². The van der Waals surface area contributed by atoms with E-state index in [1.54, 1.807) is 6.26 Å². The van der Waals surface area contributed by atoms with Gasteiger partial charge in [0.05, 0.1) is 12.0 Å². The molecule has 0 spiro atoms. The van der Waals surface area contributed by atoms with Gasteiger partial charge in [0, 0.05) is 5.41 Å². The first-order chi connectivity index (χ1) is 7.47. The zero-order valence-corrected chi connectivity index (χ0v) is 11.1. The molecule has 0 saturated carbocycles. The number of halogens is 1. The SMILES string of the molecule is CC(C)(C)c1cc(-c2ccco2)nc(Br)n1. The summed E-state index contributed by atoms with van der Waals surface area (Å²) in [4.78, 5) is 8.68. The molecule has 0 radical (unpaired) electrons. The Morgan fingerprint density at radius 3 is 2.56 bits per heavy atom. The normalized spacial score (nSPS) is 11.8. The molecule has 0 amide bonds. The Labute approximate surface area is 103 Å². The van der Waals surface area contributed by atoms with Crippen molar-refractivity contribution in [2.45, 2.75) is 26.2 Å². The first-order valence-electron chi connectivity index (χ1n) is 5.06. The van der Waals surface area contributed by atoms with Crippen LogP contribution in [0.15, 0.2) is 33.6 Å². The molecule has 0 bridgehead atoms. The van der Waals surface area contributed by atoms with Crippen molar-refractivity contribution >= 4 is 15.9 Å². The fourth-order valence-corrected chi connectivity index (χ4v) is 1.73. The molecule has 2 aromatic heterocycles. The van der Waals surface area contributed by atoms with Crippen molar-refractivity contribution in [2.75, 3.05) is 0 Å². The number of aromatic nitrogens is 2. The third kappa shape index (κ3) is 2.32. The van der Waals surface area contributed by atoms with E-state index in [4.69, 9.17) is 4.42 Å². The Balaban J connectivity index is 2.53. The van der Waals surface area contributed by atoms with Crippen LogP contribution in [0.4, 0.5) is 0 Å². The van der Waals surface area contributed by atoms with Crippen LogP contribution >= 0.6 is 15.9 Å². The monoisotopic (exact) mass is 280 g/mol. The first-order valence-corrected chi connectivity index (χ1v) is 5.85. The van der Waals surface area contributed by atoms with Gasteiger partial charge in [0.15, 0.2) is 10.5 Å². The van der Waals surface area contributed by atoms with E-state index in [-0.39, 0.29) is 5.41 Å². The van der Waals surface area contributed by atoms with Crippen molar-refractivity contribution in [3.63, 3.8) is 0 Å². The molecule has 0 aliphatic heterocycles. The third-order valence-electron chi connectivity index (χ3n) is 2.24. The van der Waals surface area contributed by atoms with Crippen LogP contribution in [0.3, 0.4) is 0 Å². The Morgan fingerprint density at radius 2 is 2.00 bits per heavy atom. The smallest absolute Gasteiger partial charge is 0.197 e. The molecule has 0 N–H and O–H groups in total. The van der Waals surface area contributed by atoms with E-state index in [2.05, 4.69) is 46.7 Å². The van der Waals surface area contributed by atoms with E-state index in [1.807, 2.05) is 18.2 Å². The number of nitrogens with zero attached hydrogens (tertiary/aromatic N) is 2. The Morgan fingerprint density at radius 1 is 1.25 bits per heavy atom. The minimum absolute atomic E-state index is 0.00714. The van der Waals surface area contributed by atoms with Crippen molar-refractivity contribution in [1.29, 1.82) is 0 Å². The average molecular weight is 281 g/mol. The molecular weight excluding hydrogens is 268 g/mol.